The van der Waals surface area contributed by atoms with E-state index >= 15 is 0 Å². The predicted molar refractivity (Wildman–Crippen MR) is 88.4 cm³/mol. The summed E-state index contributed by atoms with van der Waals surface area (Å²) in [4.78, 5) is 22.0. The molecule has 23 heavy (non-hydrogen) atoms. The van der Waals surface area contributed by atoms with Crippen molar-refractivity contribution in [3.63, 3.8) is 0 Å². The van der Waals surface area contributed by atoms with E-state index in [4.69, 9.17) is 0 Å². The highest BCUT2D eigenvalue weighted by atomic mass is 16.2. The van der Waals surface area contributed by atoms with E-state index in [0.29, 0.717) is 11.6 Å². The lowest BCUT2D eigenvalue weighted by atomic mass is 9.83. The van der Waals surface area contributed by atoms with Crippen LogP contribution in [0.5, 0.6) is 0 Å². The van der Waals surface area contributed by atoms with Gasteiger partial charge in [-0.15, -0.1) is 0 Å². The molecule has 4 rings (SSSR count). The molecule has 0 bridgehead atoms. The van der Waals surface area contributed by atoms with Gasteiger partial charge in [0, 0.05) is 43.0 Å². The molecule has 2 fully saturated rings. The van der Waals surface area contributed by atoms with Gasteiger partial charge in [-0.25, -0.2) is 4.98 Å². The van der Waals surface area contributed by atoms with Crippen LogP contribution in [0.25, 0.3) is 11.0 Å². The average Bonchev–Trinajstić information content (AvgIpc) is 3.06. The molecule has 1 N–H and O–H groups in total. The zero-order valence-electron chi connectivity index (χ0n) is 14.2. The summed E-state index contributed by atoms with van der Waals surface area (Å²) in [5.41, 5.74) is 3.32. The number of pyridine rings is 1. The van der Waals surface area contributed by atoms with Crippen molar-refractivity contribution < 1.29 is 4.79 Å². The SMILES string of the molecule is Cc1cc(C(=O)N2C[C@H]3CN(C)C[C@@]3(C)C2)c2c(C)[nH]nc2n1. The van der Waals surface area contributed by atoms with E-state index in [2.05, 4.69) is 34.1 Å². The minimum atomic E-state index is 0.114. The van der Waals surface area contributed by atoms with Gasteiger partial charge in [0.25, 0.3) is 5.91 Å². The summed E-state index contributed by atoms with van der Waals surface area (Å²) >= 11 is 0. The number of amides is 1. The average molecular weight is 313 g/mol. The number of carbonyl (C=O) groups is 1. The first-order valence-corrected chi connectivity index (χ1v) is 8.17. The van der Waals surface area contributed by atoms with Crippen LogP contribution >= 0.6 is 0 Å². The van der Waals surface area contributed by atoms with Crippen molar-refractivity contribution in [3.05, 3.63) is 23.0 Å². The standard InChI is InChI=1S/C17H23N5O/c1-10-5-13(14-11(2)19-20-15(14)18-10)16(23)22-7-12-6-21(4)8-17(12,3)9-22/h5,12H,6-9H2,1-4H3,(H,18,19,20)/t12-,17+/m1/s1. The van der Waals surface area contributed by atoms with Crippen LogP contribution in [0.3, 0.4) is 0 Å². The molecule has 6 nitrogen and oxygen atoms in total. The molecule has 2 saturated heterocycles. The van der Waals surface area contributed by atoms with Crippen LogP contribution in [0.2, 0.25) is 0 Å². The molecule has 0 aliphatic carbocycles. The van der Waals surface area contributed by atoms with E-state index in [-0.39, 0.29) is 11.3 Å². The van der Waals surface area contributed by atoms with Crippen LogP contribution in [0.1, 0.15) is 28.7 Å². The summed E-state index contributed by atoms with van der Waals surface area (Å²) in [6.07, 6.45) is 0. The fourth-order valence-electron chi connectivity index (χ4n) is 4.42. The molecule has 122 valence electrons. The Bertz CT molecular complexity index is 798. The van der Waals surface area contributed by atoms with Gasteiger partial charge in [0.1, 0.15) is 0 Å². The van der Waals surface area contributed by atoms with Gasteiger partial charge in [-0.3, -0.25) is 9.89 Å². The Balaban J connectivity index is 1.70. The van der Waals surface area contributed by atoms with Crippen molar-refractivity contribution in [2.75, 3.05) is 33.2 Å². The second-order valence-electron chi connectivity index (χ2n) is 7.59. The van der Waals surface area contributed by atoms with E-state index < -0.39 is 0 Å². The third kappa shape index (κ3) is 2.16. The quantitative estimate of drug-likeness (QED) is 0.868. The van der Waals surface area contributed by atoms with E-state index in [1.54, 1.807) is 0 Å². The van der Waals surface area contributed by atoms with Gasteiger partial charge in [-0.1, -0.05) is 6.92 Å². The summed E-state index contributed by atoms with van der Waals surface area (Å²) in [5, 5.41) is 8.03. The number of H-pyrrole nitrogens is 1. The van der Waals surface area contributed by atoms with Crippen molar-refractivity contribution in [3.8, 4) is 0 Å². The van der Waals surface area contributed by atoms with Crippen LogP contribution < -0.4 is 0 Å². The number of nitrogens with one attached hydrogen (secondary N) is 1. The minimum absolute atomic E-state index is 0.114. The van der Waals surface area contributed by atoms with Crippen LogP contribution in [0, 0.1) is 25.2 Å². The fraction of sp³-hybridized carbons (Fsp3) is 0.588. The molecule has 2 aliphatic heterocycles. The fourth-order valence-corrected chi connectivity index (χ4v) is 4.42. The number of carbonyl (C=O) groups excluding carboxylic acids is 1. The third-order valence-electron chi connectivity index (χ3n) is 5.49. The monoisotopic (exact) mass is 313 g/mol. The Morgan fingerprint density at radius 2 is 2.13 bits per heavy atom. The number of aromatic amines is 1. The topological polar surface area (TPSA) is 65.1 Å². The van der Waals surface area contributed by atoms with Gasteiger partial charge in [0.15, 0.2) is 5.65 Å². The molecular formula is C17H23N5O. The Labute approximate surface area is 135 Å². The normalized spacial score (nSPS) is 27.8. The smallest absolute Gasteiger partial charge is 0.254 e. The van der Waals surface area contributed by atoms with Gasteiger partial charge >= 0.3 is 0 Å². The van der Waals surface area contributed by atoms with Crippen molar-refractivity contribution in [1.29, 1.82) is 0 Å². The minimum Gasteiger partial charge on any atom is -0.338 e. The molecule has 6 heteroatoms. The zero-order valence-corrected chi connectivity index (χ0v) is 14.2. The summed E-state index contributed by atoms with van der Waals surface area (Å²) in [6, 6.07) is 1.90. The number of hydrogen-bond donors (Lipinski definition) is 1. The van der Waals surface area contributed by atoms with Crippen LogP contribution in [-0.2, 0) is 0 Å². The highest BCUT2D eigenvalue weighted by Gasteiger charge is 2.49. The highest BCUT2D eigenvalue weighted by molar-refractivity contribution is 6.06. The molecule has 0 radical (unpaired) electrons. The molecule has 0 unspecified atom stereocenters. The molecule has 1 amide bonds. The van der Waals surface area contributed by atoms with Crippen LogP contribution in [-0.4, -0.2) is 64.1 Å². The van der Waals surface area contributed by atoms with Gasteiger partial charge < -0.3 is 9.80 Å². The van der Waals surface area contributed by atoms with E-state index in [1.165, 1.54) is 0 Å². The summed E-state index contributed by atoms with van der Waals surface area (Å²) in [6.45, 7) is 9.99. The zero-order chi connectivity index (χ0) is 16.4. The molecule has 4 heterocycles. The van der Waals surface area contributed by atoms with Crippen LogP contribution in [0.4, 0.5) is 0 Å². The van der Waals surface area contributed by atoms with Crippen molar-refractivity contribution in [2.45, 2.75) is 20.8 Å². The maximum absolute atomic E-state index is 13.2. The first kappa shape index (κ1) is 14.6. The largest absolute Gasteiger partial charge is 0.338 e. The van der Waals surface area contributed by atoms with Gasteiger partial charge in [0.05, 0.1) is 10.9 Å². The Morgan fingerprint density at radius 1 is 1.35 bits per heavy atom. The molecule has 2 aliphatic rings. The summed E-state index contributed by atoms with van der Waals surface area (Å²) < 4.78 is 0. The molecule has 2 aromatic rings. The highest BCUT2D eigenvalue weighted by Crippen LogP contribution is 2.42. The number of aryl methyl sites for hydroxylation is 2. The maximum Gasteiger partial charge on any atom is 0.254 e. The summed E-state index contributed by atoms with van der Waals surface area (Å²) in [7, 11) is 2.17. The Morgan fingerprint density at radius 3 is 2.87 bits per heavy atom. The molecule has 0 aromatic carbocycles. The number of aromatic nitrogens is 3. The number of rotatable bonds is 1. The number of fused-ring (bicyclic) bond motifs is 2. The Hall–Kier alpha value is -1.95. The summed E-state index contributed by atoms with van der Waals surface area (Å²) in [5.74, 6) is 0.684. The van der Waals surface area contributed by atoms with E-state index in [1.807, 2.05) is 24.8 Å². The molecule has 0 spiro atoms. The lowest BCUT2D eigenvalue weighted by Crippen LogP contribution is -2.34. The lowest BCUT2D eigenvalue weighted by Gasteiger charge is -2.24. The maximum atomic E-state index is 13.2. The molecule has 2 aromatic heterocycles. The molecular weight excluding hydrogens is 290 g/mol. The first-order chi connectivity index (χ1) is 10.9. The second-order valence-corrected chi connectivity index (χ2v) is 7.59. The molecule has 2 atom stereocenters. The number of hydrogen-bond acceptors (Lipinski definition) is 4. The van der Waals surface area contributed by atoms with Gasteiger partial charge in [0.2, 0.25) is 0 Å². The van der Waals surface area contributed by atoms with Crippen molar-refractivity contribution in [1.82, 2.24) is 25.0 Å². The van der Waals surface area contributed by atoms with Crippen LogP contribution in [0.15, 0.2) is 6.07 Å². The predicted octanol–water partition coefficient (Wildman–Crippen LogP) is 1.60. The van der Waals surface area contributed by atoms with E-state index in [0.717, 1.165) is 48.5 Å². The van der Waals surface area contributed by atoms with E-state index in [9.17, 15) is 4.79 Å². The van der Waals surface area contributed by atoms with Gasteiger partial charge in [-0.05, 0) is 32.9 Å². The lowest BCUT2D eigenvalue weighted by molar-refractivity contribution is 0.0767. The molecule has 0 saturated carbocycles. The Kier molecular flexibility index (Phi) is 3.04. The third-order valence-corrected chi connectivity index (χ3v) is 5.49. The van der Waals surface area contributed by atoms with Crippen molar-refractivity contribution >= 4 is 16.9 Å². The number of likely N-dealkylation sites (tertiary alicyclic amines) is 2. The van der Waals surface area contributed by atoms with Gasteiger partial charge in [-0.2, -0.15) is 5.10 Å². The first-order valence-electron chi connectivity index (χ1n) is 8.17. The second kappa shape index (κ2) is 4.77. The van der Waals surface area contributed by atoms with Crippen molar-refractivity contribution in [2.24, 2.45) is 11.3 Å². The number of nitrogens with zero attached hydrogens (tertiary/aromatic N) is 4.